The zero-order valence-corrected chi connectivity index (χ0v) is 12.3. The number of amides is 1. The number of hydrogen-bond donors (Lipinski definition) is 2. The van der Waals surface area contributed by atoms with Gasteiger partial charge in [0.2, 0.25) is 0 Å². The van der Waals surface area contributed by atoms with E-state index in [1.807, 2.05) is 0 Å². The molecule has 0 aromatic heterocycles. The van der Waals surface area contributed by atoms with E-state index in [-0.39, 0.29) is 29.1 Å². The van der Waals surface area contributed by atoms with E-state index in [9.17, 15) is 14.3 Å². The molecule has 0 aliphatic rings. The molecule has 1 amide bonds. The maximum atomic E-state index is 13.6. The van der Waals surface area contributed by atoms with Crippen LogP contribution in [0.2, 0.25) is 0 Å². The third kappa shape index (κ3) is 3.21. The van der Waals surface area contributed by atoms with Crippen molar-refractivity contribution in [2.75, 3.05) is 0 Å². The topological polar surface area (TPSA) is 49.3 Å². The lowest BCUT2D eigenvalue weighted by atomic mass is 10.0. The van der Waals surface area contributed by atoms with Crippen molar-refractivity contribution >= 4 is 5.91 Å². The molecular weight excluding hydrogens is 269 g/mol. The van der Waals surface area contributed by atoms with Crippen molar-refractivity contribution in [3.8, 4) is 5.75 Å². The van der Waals surface area contributed by atoms with Gasteiger partial charge in [0, 0.05) is 0 Å². The lowest BCUT2D eigenvalue weighted by molar-refractivity contribution is 0.0937. The molecule has 4 heteroatoms. The van der Waals surface area contributed by atoms with Crippen molar-refractivity contribution in [1.82, 2.24) is 5.32 Å². The molecule has 0 saturated heterocycles. The third-order valence-corrected chi connectivity index (χ3v) is 3.53. The van der Waals surface area contributed by atoms with Gasteiger partial charge in [-0.2, -0.15) is 0 Å². The first-order valence-corrected chi connectivity index (χ1v) is 6.75. The molecule has 0 aliphatic heterocycles. The van der Waals surface area contributed by atoms with E-state index in [0.717, 1.165) is 0 Å². The predicted molar refractivity (Wildman–Crippen MR) is 79.9 cm³/mol. The molecule has 0 saturated carbocycles. The van der Waals surface area contributed by atoms with E-state index in [4.69, 9.17) is 0 Å². The van der Waals surface area contributed by atoms with Crippen molar-refractivity contribution in [2.24, 2.45) is 0 Å². The molecule has 1 atom stereocenters. The minimum absolute atomic E-state index is 0.0303. The van der Waals surface area contributed by atoms with Gasteiger partial charge in [-0.3, -0.25) is 4.79 Å². The second kappa shape index (κ2) is 5.95. The molecule has 110 valence electrons. The van der Waals surface area contributed by atoms with Gasteiger partial charge in [0.15, 0.2) is 0 Å². The molecule has 2 aromatic carbocycles. The Morgan fingerprint density at radius 2 is 1.90 bits per heavy atom. The summed E-state index contributed by atoms with van der Waals surface area (Å²) >= 11 is 0. The highest BCUT2D eigenvalue weighted by Gasteiger charge is 2.16. The summed E-state index contributed by atoms with van der Waals surface area (Å²) in [5.41, 5.74) is 2.10. The fourth-order valence-corrected chi connectivity index (χ4v) is 2.08. The number of carbonyl (C=O) groups is 1. The summed E-state index contributed by atoms with van der Waals surface area (Å²) in [5, 5.41) is 12.7. The number of nitrogens with one attached hydrogen (secondary N) is 1. The summed E-state index contributed by atoms with van der Waals surface area (Å²) in [6.07, 6.45) is 0. The minimum Gasteiger partial charge on any atom is -0.507 e. The molecule has 0 bridgehead atoms. The normalized spacial score (nSPS) is 12.0. The fourth-order valence-electron chi connectivity index (χ4n) is 2.08. The average Bonchev–Trinajstić information content (AvgIpc) is 2.44. The van der Waals surface area contributed by atoms with E-state index >= 15 is 0 Å². The highest BCUT2D eigenvalue weighted by molar-refractivity contribution is 5.97. The summed E-state index contributed by atoms with van der Waals surface area (Å²) < 4.78 is 13.6. The summed E-state index contributed by atoms with van der Waals surface area (Å²) in [7, 11) is 0. The van der Waals surface area contributed by atoms with Gasteiger partial charge in [0.1, 0.15) is 11.6 Å². The zero-order chi connectivity index (χ0) is 15.6. The highest BCUT2D eigenvalue weighted by Crippen LogP contribution is 2.23. The van der Waals surface area contributed by atoms with Gasteiger partial charge in [-0.25, -0.2) is 4.39 Å². The molecule has 2 aromatic rings. The Labute approximate surface area is 123 Å². The van der Waals surface area contributed by atoms with Crippen LogP contribution in [0, 0.1) is 19.7 Å². The number of rotatable bonds is 3. The quantitative estimate of drug-likeness (QED) is 0.905. The third-order valence-electron chi connectivity index (χ3n) is 3.53. The number of aromatic hydroxyl groups is 1. The number of phenolic OH excluding ortho intramolecular Hbond substituents is 1. The van der Waals surface area contributed by atoms with Crippen LogP contribution in [0.4, 0.5) is 4.39 Å². The Bertz CT molecular complexity index is 682. The van der Waals surface area contributed by atoms with E-state index in [0.29, 0.717) is 16.7 Å². The van der Waals surface area contributed by atoms with Crippen LogP contribution in [0.25, 0.3) is 0 Å². The largest absolute Gasteiger partial charge is 0.507 e. The standard InChI is InChI=1S/C17H18FNO2/c1-10-7-8-13(9-15(10)18)12(3)19-17(21)14-6-4-5-11(2)16(14)20/h4-9,12,20H,1-3H3,(H,19,21). The number of halogens is 1. The smallest absolute Gasteiger partial charge is 0.255 e. The van der Waals surface area contributed by atoms with Crippen molar-refractivity contribution < 1.29 is 14.3 Å². The predicted octanol–water partition coefficient (Wildman–Crippen LogP) is 3.64. The molecule has 21 heavy (non-hydrogen) atoms. The first-order chi connectivity index (χ1) is 9.90. The molecule has 2 rings (SSSR count). The monoisotopic (exact) mass is 287 g/mol. The van der Waals surface area contributed by atoms with Crippen LogP contribution in [0.3, 0.4) is 0 Å². The molecule has 3 nitrogen and oxygen atoms in total. The van der Waals surface area contributed by atoms with Gasteiger partial charge in [-0.1, -0.05) is 24.3 Å². The van der Waals surface area contributed by atoms with Gasteiger partial charge in [-0.05, 0) is 49.6 Å². The number of benzene rings is 2. The van der Waals surface area contributed by atoms with Gasteiger partial charge in [-0.15, -0.1) is 0 Å². The van der Waals surface area contributed by atoms with Gasteiger partial charge >= 0.3 is 0 Å². The van der Waals surface area contributed by atoms with Gasteiger partial charge < -0.3 is 10.4 Å². The van der Waals surface area contributed by atoms with E-state index < -0.39 is 0 Å². The molecule has 0 heterocycles. The minimum atomic E-state index is -0.385. The number of hydrogen-bond acceptors (Lipinski definition) is 2. The molecule has 0 aliphatic carbocycles. The van der Waals surface area contributed by atoms with Crippen molar-refractivity contribution in [2.45, 2.75) is 26.8 Å². The Morgan fingerprint density at radius 3 is 2.57 bits per heavy atom. The molecule has 1 unspecified atom stereocenters. The summed E-state index contributed by atoms with van der Waals surface area (Å²) in [4.78, 5) is 12.2. The van der Waals surface area contributed by atoms with Gasteiger partial charge in [0.05, 0.1) is 11.6 Å². The second-order valence-electron chi connectivity index (χ2n) is 5.17. The van der Waals surface area contributed by atoms with E-state index in [1.165, 1.54) is 6.07 Å². The van der Waals surface area contributed by atoms with Crippen molar-refractivity contribution in [3.05, 3.63) is 64.5 Å². The Hall–Kier alpha value is -2.36. The molecule has 0 radical (unpaired) electrons. The maximum Gasteiger partial charge on any atom is 0.255 e. The van der Waals surface area contributed by atoms with Crippen molar-refractivity contribution in [1.29, 1.82) is 0 Å². The zero-order valence-electron chi connectivity index (χ0n) is 12.3. The molecule has 0 spiro atoms. The Balaban J connectivity index is 2.18. The maximum absolute atomic E-state index is 13.6. The summed E-state index contributed by atoms with van der Waals surface area (Å²) in [5.74, 6) is -0.714. The van der Waals surface area contributed by atoms with Crippen LogP contribution < -0.4 is 5.32 Å². The van der Waals surface area contributed by atoms with Gasteiger partial charge in [0.25, 0.3) is 5.91 Å². The SMILES string of the molecule is Cc1ccc(C(C)NC(=O)c2cccc(C)c2O)cc1F. The lowest BCUT2D eigenvalue weighted by Crippen LogP contribution is -2.26. The highest BCUT2D eigenvalue weighted by atomic mass is 19.1. The van der Waals surface area contributed by atoms with Crippen LogP contribution >= 0.6 is 0 Å². The second-order valence-corrected chi connectivity index (χ2v) is 5.17. The van der Waals surface area contributed by atoms with Crippen LogP contribution in [0.15, 0.2) is 36.4 Å². The Kier molecular flexibility index (Phi) is 4.26. The van der Waals surface area contributed by atoms with Crippen LogP contribution in [0.5, 0.6) is 5.75 Å². The van der Waals surface area contributed by atoms with Crippen LogP contribution in [-0.2, 0) is 0 Å². The van der Waals surface area contributed by atoms with E-state index in [2.05, 4.69) is 5.32 Å². The van der Waals surface area contributed by atoms with Crippen LogP contribution in [0.1, 0.15) is 40.0 Å². The number of phenols is 1. The van der Waals surface area contributed by atoms with Crippen LogP contribution in [-0.4, -0.2) is 11.0 Å². The number of aryl methyl sites for hydroxylation is 2. The fraction of sp³-hybridized carbons (Fsp3) is 0.235. The number of carbonyl (C=O) groups excluding carboxylic acids is 1. The first-order valence-electron chi connectivity index (χ1n) is 6.75. The summed E-state index contributed by atoms with van der Waals surface area (Å²) in [6.45, 7) is 5.19. The first kappa shape index (κ1) is 15.0. The lowest BCUT2D eigenvalue weighted by Gasteiger charge is -2.16. The summed E-state index contributed by atoms with van der Waals surface area (Å²) in [6, 6.07) is 9.51. The molecule has 0 fully saturated rings. The van der Waals surface area contributed by atoms with E-state index in [1.54, 1.807) is 51.1 Å². The van der Waals surface area contributed by atoms with Crippen molar-refractivity contribution in [3.63, 3.8) is 0 Å². The molecular formula is C17H18FNO2. The molecule has 2 N–H and O–H groups in total. The average molecular weight is 287 g/mol. The number of para-hydroxylation sites is 1. The Morgan fingerprint density at radius 1 is 1.19 bits per heavy atom.